The SMILES string of the molecule is CN1C(=O)c2cc(N)c(Br)cc2C1=O. The molecule has 0 unspecified atom stereocenters. The summed E-state index contributed by atoms with van der Waals surface area (Å²) in [7, 11) is 1.45. The quantitative estimate of drug-likeness (QED) is 0.560. The van der Waals surface area contributed by atoms with E-state index >= 15 is 0 Å². The molecule has 4 nitrogen and oxygen atoms in total. The Morgan fingerprint density at radius 1 is 1.21 bits per heavy atom. The molecule has 0 bridgehead atoms. The first kappa shape index (κ1) is 9.21. The third kappa shape index (κ3) is 1.05. The largest absolute Gasteiger partial charge is 0.398 e. The molecule has 0 saturated heterocycles. The van der Waals surface area contributed by atoms with Crippen molar-refractivity contribution in [2.45, 2.75) is 0 Å². The van der Waals surface area contributed by atoms with Gasteiger partial charge in [-0.2, -0.15) is 0 Å². The maximum absolute atomic E-state index is 11.5. The number of carbonyl (C=O) groups excluding carboxylic acids is 2. The smallest absolute Gasteiger partial charge is 0.261 e. The van der Waals surface area contributed by atoms with Crippen LogP contribution in [-0.2, 0) is 0 Å². The van der Waals surface area contributed by atoms with Gasteiger partial charge < -0.3 is 5.73 Å². The Hall–Kier alpha value is -1.36. The second-order valence-corrected chi connectivity index (χ2v) is 3.94. The normalized spacial score (nSPS) is 14.9. The van der Waals surface area contributed by atoms with Crippen LogP contribution in [0.2, 0.25) is 0 Å². The Bertz CT molecular complexity index is 415. The molecule has 0 atom stereocenters. The van der Waals surface area contributed by atoms with Crippen molar-refractivity contribution in [2.24, 2.45) is 0 Å². The molecule has 5 heteroatoms. The summed E-state index contributed by atoms with van der Waals surface area (Å²) in [6.07, 6.45) is 0. The predicted molar refractivity (Wildman–Crippen MR) is 55.0 cm³/mol. The summed E-state index contributed by atoms with van der Waals surface area (Å²) >= 11 is 3.21. The molecule has 0 aromatic heterocycles. The molecule has 1 aliphatic rings. The van der Waals surface area contributed by atoms with Gasteiger partial charge in [0, 0.05) is 17.2 Å². The van der Waals surface area contributed by atoms with Gasteiger partial charge in [0.15, 0.2) is 0 Å². The summed E-state index contributed by atoms with van der Waals surface area (Å²) in [4.78, 5) is 24.1. The highest BCUT2D eigenvalue weighted by Gasteiger charge is 2.33. The molecule has 0 spiro atoms. The van der Waals surface area contributed by atoms with Crippen LogP contribution < -0.4 is 5.73 Å². The van der Waals surface area contributed by atoms with Crippen LogP contribution in [0.1, 0.15) is 20.7 Å². The number of nitrogens with two attached hydrogens (primary N) is 1. The highest BCUT2D eigenvalue weighted by Crippen LogP contribution is 2.29. The zero-order chi connectivity index (χ0) is 10.5. The lowest BCUT2D eigenvalue weighted by Gasteiger charge is -2.02. The number of halogens is 1. The minimum absolute atomic E-state index is 0.286. The van der Waals surface area contributed by atoms with Gasteiger partial charge in [0.2, 0.25) is 0 Å². The van der Waals surface area contributed by atoms with Crippen molar-refractivity contribution in [2.75, 3.05) is 12.8 Å². The van der Waals surface area contributed by atoms with E-state index in [1.807, 2.05) is 0 Å². The number of rotatable bonds is 0. The maximum atomic E-state index is 11.5. The number of anilines is 1. The van der Waals surface area contributed by atoms with Gasteiger partial charge in [-0.1, -0.05) is 0 Å². The van der Waals surface area contributed by atoms with Gasteiger partial charge in [-0.15, -0.1) is 0 Å². The maximum Gasteiger partial charge on any atom is 0.261 e. The van der Waals surface area contributed by atoms with Crippen molar-refractivity contribution < 1.29 is 9.59 Å². The number of hydrogen-bond donors (Lipinski definition) is 1. The summed E-state index contributed by atoms with van der Waals surface area (Å²) in [5.41, 5.74) is 6.85. The number of carbonyl (C=O) groups is 2. The van der Waals surface area contributed by atoms with Crippen molar-refractivity contribution in [1.82, 2.24) is 4.90 Å². The van der Waals surface area contributed by atoms with Crippen molar-refractivity contribution in [3.05, 3.63) is 27.7 Å². The molecule has 0 aliphatic carbocycles. The lowest BCUT2D eigenvalue weighted by atomic mass is 10.1. The third-order valence-corrected chi connectivity index (χ3v) is 2.89. The molecule has 0 radical (unpaired) electrons. The first-order valence-corrected chi connectivity index (χ1v) is 4.73. The van der Waals surface area contributed by atoms with Gasteiger partial charge in [0.1, 0.15) is 0 Å². The second-order valence-electron chi connectivity index (χ2n) is 3.09. The van der Waals surface area contributed by atoms with Crippen molar-refractivity contribution >= 4 is 33.4 Å². The van der Waals surface area contributed by atoms with Crippen molar-refractivity contribution in [1.29, 1.82) is 0 Å². The van der Waals surface area contributed by atoms with Crippen LogP contribution in [0.5, 0.6) is 0 Å². The van der Waals surface area contributed by atoms with E-state index in [-0.39, 0.29) is 11.8 Å². The fraction of sp³-hybridized carbons (Fsp3) is 0.111. The first-order valence-electron chi connectivity index (χ1n) is 3.94. The zero-order valence-electron chi connectivity index (χ0n) is 7.37. The number of amides is 2. The lowest BCUT2D eigenvalue weighted by Crippen LogP contribution is -2.24. The number of fused-ring (bicyclic) bond motifs is 1. The Labute approximate surface area is 88.8 Å². The van der Waals surface area contributed by atoms with Gasteiger partial charge in [0.25, 0.3) is 11.8 Å². The Morgan fingerprint density at radius 2 is 1.71 bits per heavy atom. The molecule has 1 aromatic rings. The molecule has 1 aliphatic heterocycles. The Morgan fingerprint density at radius 3 is 2.29 bits per heavy atom. The number of imide groups is 1. The van der Waals surface area contributed by atoms with Crippen LogP contribution in [-0.4, -0.2) is 23.8 Å². The molecular weight excluding hydrogens is 248 g/mol. The summed E-state index contributed by atoms with van der Waals surface area (Å²) < 4.78 is 0.632. The molecular formula is C9H7BrN2O2. The van der Waals surface area contributed by atoms with E-state index in [9.17, 15) is 9.59 Å². The van der Waals surface area contributed by atoms with Crippen LogP contribution in [0.3, 0.4) is 0 Å². The minimum Gasteiger partial charge on any atom is -0.398 e. The fourth-order valence-electron chi connectivity index (χ4n) is 1.40. The number of hydrogen-bond acceptors (Lipinski definition) is 3. The van der Waals surface area contributed by atoms with Crippen molar-refractivity contribution in [3.63, 3.8) is 0 Å². The van der Waals surface area contributed by atoms with Crippen LogP contribution in [0, 0.1) is 0 Å². The third-order valence-electron chi connectivity index (χ3n) is 2.21. The van der Waals surface area contributed by atoms with E-state index in [2.05, 4.69) is 15.9 Å². The Balaban J connectivity index is 2.71. The first-order chi connectivity index (χ1) is 6.52. The minimum atomic E-state index is -0.302. The summed E-state index contributed by atoms with van der Waals surface area (Å²) in [5.74, 6) is -0.588. The standard InChI is InChI=1S/C9H7BrN2O2/c1-12-8(13)4-2-6(10)7(11)3-5(4)9(12)14/h2-3H,11H2,1H3. The molecule has 2 N–H and O–H groups in total. The number of nitrogen functional groups attached to an aromatic ring is 1. The lowest BCUT2D eigenvalue weighted by molar-refractivity contribution is 0.0693. The van der Waals surface area contributed by atoms with Gasteiger partial charge in [-0.05, 0) is 28.1 Å². The van der Waals surface area contributed by atoms with E-state index in [0.717, 1.165) is 4.90 Å². The van der Waals surface area contributed by atoms with E-state index in [1.165, 1.54) is 13.1 Å². The van der Waals surface area contributed by atoms with Crippen LogP contribution in [0.25, 0.3) is 0 Å². The predicted octanol–water partition coefficient (Wildman–Crippen LogP) is 1.26. The summed E-state index contributed by atoms with van der Waals surface area (Å²) in [6, 6.07) is 3.09. The molecule has 14 heavy (non-hydrogen) atoms. The highest BCUT2D eigenvalue weighted by molar-refractivity contribution is 9.10. The number of nitrogens with zero attached hydrogens (tertiary/aromatic N) is 1. The van der Waals surface area contributed by atoms with Gasteiger partial charge in [-0.3, -0.25) is 14.5 Å². The molecule has 1 heterocycles. The molecule has 72 valence electrons. The second kappa shape index (κ2) is 2.81. The van der Waals surface area contributed by atoms with Crippen LogP contribution >= 0.6 is 15.9 Å². The van der Waals surface area contributed by atoms with E-state index < -0.39 is 0 Å². The zero-order valence-corrected chi connectivity index (χ0v) is 8.96. The topological polar surface area (TPSA) is 63.4 Å². The van der Waals surface area contributed by atoms with Gasteiger partial charge >= 0.3 is 0 Å². The highest BCUT2D eigenvalue weighted by atomic mass is 79.9. The molecule has 2 amide bonds. The van der Waals surface area contributed by atoms with E-state index in [0.29, 0.717) is 21.3 Å². The van der Waals surface area contributed by atoms with Gasteiger partial charge in [-0.25, -0.2) is 0 Å². The average Bonchev–Trinajstić information content (AvgIpc) is 2.34. The van der Waals surface area contributed by atoms with Crippen LogP contribution in [0.4, 0.5) is 5.69 Å². The molecule has 2 rings (SSSR count). The van der Waals surface area contributed by atoms with Crippen LogP contribution in [0.15, 0.2) is 16.6 Å². The van der Waals surface area contributed by atoms with Gasteiger partial charge in [0.05, 0.1) is 11.1 Å². The summed E-state index contributed by atoms with van der Waals surface area (Å²) in [6.45, 7) is 0. The van der Waals surface area contributed by atoms with Crippen molar-refractivity contribution in [3.8, 4) is 0 Å². The van der Waals surface area contributed by atoms with E-state index in [4.69, 9.17) is 5.73 Å². The molecule has 1 aromatic carbocycles. The monoisotopic (exact) mass is 254 g/mol. The Kier molecular flexibility index (Phi) is 1.85. The van der Waals surface area contributed by atoms with E-state index in [1.54, 1.807) is 6.07 Å². The fourth-order valence-corrected chi connectivity index (χ4v) is 1.74. The molecule has 0 saturated carbocycles. The molecule has 0 fully saturated rings. The summed E-state index contributed by atoms with van der Waals surface area (Å²) in [5, 5.41) is 0. The average molecular weight is 255 g/mol. The number of benzene rings is 1.